The molecule has 1 unspecified atom stereocenters. The van der Waals surface area contributed by atoms with Crippen LogP contribution in [0.5, 0.6) is 0 Å². The highest BCUT2D eigenvalue weighted by Crippen LogP contribution is 2.67. The van der Waals surface area contributed by atoms with Gasteiger partial charge in [-0.2, -0.15) is 0 Å². The molecule has 0 amide bonds. The van der Waals surface area contributed by atoms with Crippen LogP contribution in [-0.2, 0) is 0 Å². The fourth-order valence-corrected chi connectivity index (χ4v) is 8.82. The van der Waals surface area contributed by atoms with Crippen LogP contribution in [0.15, 0.2) is 22.8 Å². The van der Waals surface area contributed by atoms with Gasteiger partial charge in [0.05, 0.1) is 6.10 Å². The van der Waals surface area contributed by atoms with Crippen LogP contribution in [0, 0.1) is 40.4 Å². The number of fused-ring (bicyclic) bond motifs is 2. The first-order valence-electron chi connectivity index (χ1n) is 12.7. The van der Waals surface area contributed by atoms with E-state index in [4.69, 9.17) is 0 Å². The Balaban J connectivity index is 1.49. The molecule has 1 N–H and O–H groups in total. The smallest absolute Gasteiger partial charge is 0.0594 e. The fourth-order valence-electron chi connectivity index (χ4n) is 8.82. The van der Waals surface area contributed by atoms with Crippen molar-refractivity contribution in [2.24, 2.45) is 40.4 Å². The minimum absolute atomic E-state index is 0.0971. The molecule has 0 aromatic rings. The molecule has 7 atom stereocenters. The van der Waals surface area contributed by atoms with Crippen LogP contribution in [-0.4, -0.2) is 11.2 Å². The Kier molecular flexibility index (Phi) is 5.86. The van der Waals surface area contributed by atoms with Gasteiger partial charge in [-0.3, -0.25) is 0 Å². The number of hydrogen-bond acceptors (Lipinski definition) is 1. The molecule has 0 aromatic carbocycles. The predicted molar refractivity (Wildman–Crippen MR) is 124 cm³/mol. The van der Waals surface area contributed by atoms with Gasteiger partial charge < -0.3 is 5.11 Å². The van der Waals surface area contributed by atoms with Gasteiger partial charge in [-0.1, -0.05) is 43.6 Å². The van der Waals surface area contributed by atoms with Crippen molar-refractivity contribution in [2.45, 2.75) is 112 Å². The Morgan fingerprint density at radius 2 is 1.72 bits per heavy atom. The van der Waals surface area contributed by atoms with E-state index in [2.05, 4.69) is 47.6 Å². The Morgan fingerprint density at radius 3 is 2.45 bits per heavy atom. The van der Waals surface area contributed by atoms with E-state index in [1.165, 1.54) is 63.4 Å². The number of aliphatic hydroxyl groups excluding tert-OH is 1. The molecule has 0 heterocycles. The summed E-state index contributed by atoms with van der Waals surface area (Å²) in [6, 6.07) is 0. The highest BCUT2D eigenvalue weighted by molar-refractivity contribution is 5.24. The quantitative estimate of drug-likeness (QED) is 0.481. The molecule has 0 spiro atoms. The predicted octanol–water partition coefficient (Wildman–Crippen LogP) is 7.70. The molecule has 0 saturated heterocycles. The minimum Gasteiger partial charge on any atom is -0.393 e. The first kappa shape index (κ1) is 21.7. The normalized spacial score (nSPS) is 45.1. The third-order valence-electron chi connectivity index (χ3n) is 10.3. The first-order valence-corrected chi connectivity index (χ1v) is 12.7. The lowest BCUT2D eigenvalue weighted by Crippen LogP contribution is -2.50. The maximum Gasteiger partial charge on any atom is 0.0594 e. The van der Waals surface area contributed by atoms with Crippen molar-refractivity contribution in [1.82, 2.24) is 0 Å². The molecule has 0 aromatic heterocycles. The second-order valence-electron chi connectivity index (χ2n) is 12.3. The van der Waals surface area contributed by atoms with Crippen molar-refractivity contribution in [3.8, 4) is 0 Å². The number of rotatable bonds is 4. The summed E-state index contributed by atoms with van der Waals surface area (Å²) in [6.45, 7) is 14.2. The van der Waals surface area contributed by atoms with Gasteiger partial charge in [0.1, 0.15) is 0 Å². The molecule has 0 aliphatic heterocycles. The van der Waals surface area contributed by atoms with Gasteiger partial charge in [0, 0.05) is 0 Å². The van der Waals surface area contributed by atoms with E-state index < -0.39 is 0 Å². The van der Waals surface area contributed by atoms with Crippen LogP contribution in [0.25, 0.3) is 0 Å². The largest absolute Gasteiger partial charge is 0.393 e. The summed E-state index contributed by atoms with van der Waals surface area (Å²) in [5, 5.41) is 10.7. The lowest BCUT2D eigenvalue weighted by molar-refractivity contribution is -0.101. The number of allylic oxidation sites excluding steroid dienone is 4. The summed E-state index contributed by atoms with van der Waals surface area (Å²) in [7, 11) is 0. The first-order chi connectivity index (χ1) is 13.7. The molecule has 4 aliphatic rings. The van der Waals surface area contributed by atoms with Crippen LogP contribution in [0.4, 0.5) is 0 Å². The molecular formula is C28H46O. The van der Waals surface area contributed by atoms with Crippen LogP contribution in [0.1, 0.15) is 106 Å². The Hall–Kier alpha value is -0.560. The van der Waals surface area contributed by atoms with Gasteiger partial charge in [-0.05, 0) is 125 Å². The topological polar surface area (TPSA) is 20.2 Å². The third kappa shape index (κ3) is 3.58. The van der Waals surface area contributed by atoms with Crippen molar-refractivity contribution in [3.63, 3.8) is 0 Å². The van der Waals surface area contributed by atoms with Crippen molar-refractivity contribution in [1.29, 1.82) is 0 Å². The van der Waals surface area contributed by atoms with Crippen molar-refractivity contribution in [3.05, 3.63) is 22.8 Å². The molecule has 4 aliphatic carbocycles. The summed E-state index contributed by atoms with van der Waals surface area (Å²) in [6.07, 6.45) is 15.6. The standard InChI is InChI=1S/C28H46O/c1-18(2)8-7-9-19(3)20-10-11-22-21(20)12-13-23(22)24-14-15-25-27(4,5)26(29)16-17-28(24,25)6/h8,21-26,29H,7,9-17H2,1-6H3/b20-19-/t21-,22-,23+,24+,25?,26-,28+/m0/s1. The fraction of sp³-hybridized carbons (Fsp3) is 0.857. The Labute approximate surface area is 180 Å². The van der Waals surface area contributed by atoms with Gasteiger partial charge in [0.2, 0.25) is 0 Å². The van der Waals surface area contributed by atoms with E-state index in [0.29, 0.717) is 11.3 Å². The zero-order valence-electron chi connectivity index (χ0n) is 20.1. The van der Waals surface area contributed by atoms with Gasteiger partial charge in [-0.15, -0.1) is 0 Å². The zero-order chi connectivity index (χ0) is 21.0. The van der Waals surface area contributed by atoms with Gasteiger partial charge in [0.15, 0.2) is 0 Å². The lowest BCUT2D eigenvalue weighted by Gasteiger charge is -2.53. The Morgan fingerprint density at radius 1 is 0.966 bits per heavy atom. The summed E-state index contributed by atoms with van der Waals surface area (Å²) < 4.78 is 0. The maximum absolute atomic E-state index is 10.7. The highest BCUT2D eigenvalue weighted by Gasteiger charge is 2.60. The highest BCUT2D eigenvalue weighted by atomic mass is 16.3. The summed E-state index contributed by atoms with van der Waals surface area (Å²) >= 11 is 0. The number of hydrogen-bond donors (Lipinski definition) is 1. The molecule has 0 bridgehead atoms. The van der Waals surface area contributed by atoms with Crippen LogP contribution in [0.3, 0.4) is 0 Å². The van der Waals surface area contributed by atoms with Crippen molar-refractivity contribution >= 4 is 0 Å². The van der Waals surface area contributed by atoms with E-state index in [1.807, 2.05) is 5.57 Å². The molecule has 4 saturated carbocycles. The monoisotopic (exact) mass is 398 g/mol. The Bertz CT molecular complexity index is 678. The molecule has 1 heteroatoms. The van der Waals surface area contributed by atoms with E-state index in [0.717, 1.165) is 30.1 Å². The lowest BCUT2D eigenvalue weighted by atomic mass is 9.53. The molecule has 1 nitrogen and oxygen atoms in total. The molecule has 0 radical (unpaired) electrons. The second kappa shape index (κ2) is 7.85. The van der Waals surface area contributed by atoms with Gasteiger partial charge in [0.25, 0.3) is 0 Å². The summed E-state index contributed by atoms with van der Waals surface area (Å²) in [5.41, 5.74) is 5.60. The second-order valence-corrected chi connectivity index (χ2v) is 12.3. The molecule has 4 rings (SSSR count). The van der Waals surface area contributed by atoms with Crippen LogP contribution in [0.2, 0.25) is 0 Å². The van der Waals surface area contributed by atoms with E-state index >= 15 is 0 Å². The summed E-state index contributed by atoms with van der Waals surface area (Å²) in [5.74, 6) is 4.42. The van der Waals surface area contributed by atoms with Gasteiger partial charge >= 0.3 is 0 Å². The van der Waals surface area contributed by atoms with Crippen molar-refractivity contribution in [2.75, 3.05) is 0 Å². The third-order valence-corrected chi connectivity index (χ3v) is 10.3. The molecule has 29 heavy (non-hydrogen) atoms. The van der Waals surface area contributed by atoms with E-state index in [9.17, 15) is 5.11 Å². The van der Waals surface area contributed by atoms with Crippen LogP contribution >= 0.6 is 0 Å². The SMILES string of the molecule is CC(C)=CCC/C(C)=C1/CC[C@@H]2[C@H]([C@H]3CCC4C(C)(C)[C@@H](O)CC[C@@]43C)CC[C@@H]12. The number of aliphatic hydroxyl groups is 1. The maximum atomic E-state index is 10.7. The van der Waals surface area contributed by atoms with E-state index in [1.54, 1.807) is 5.57 Å². The summed E-state index contributed by atoms with van der Waals surface area (Å²) in [4.78, 5) is 0. The van der Waals surface area contributed by atoms with E-state index in [-0.39, 0.29) is 11.5 Å². The molecular weight excluding hydrogens is 352 g/mol. The van der Waals surface area contributed by atoms with Crippen LogP contribution < -0.4 is 0 Å². The zero-order valence-corrected chi connectivity index (χ0v) is 20.1. The minimum atomic E-state index is -0.0971. The van der Waals surface area contributed by atoms with Crippen molar-refractivity contribution < 1.29 is 5.11 Å². The molecule has 164 valence electrons. The average molecular weight is 399 g/mol. The van der Waals surface area contributed by atoms with Gasteiger partial charge in [-0.25, -0.2) is 0 Å². The molecule has 4 fully saturated rings. The average Bonchev–Trinajstić information content (AvgIpc) is 3.32.